The molecule has 0 amide bonds. The molecule has 8 nitrogen and oxygen atoms in total. The van der Waals surface area contributed by atoms with Crippen LogP contribution in [-0.4, -0.2) is 58.1 Å². The molecule has 4 fully saturated rings. The maximum absolute atomic E-state index is 13.8. The highest BCUT2D eigenvalue weighted by Crippen LogP contribution is 2.70. The minimum Gasteiger partial charge on any atom is -0.465 e. The topological polar surface area (TPSA) is 127 Å². The van der Waals surface area contributed by atoms with Gasteiger partial charge in [0.05, 0.1) is 24.0 Å². The van der Waals surface area contributed by atoms with E-state index in [1.165, 1.54) is 12.2 Å². The van der Waals surface area contributed by atoms with Gasteiger partial charge in [-0.15, -0.1) is 0 Å². The number of carbonyl (C=O) groups is 4. The summed E-state index contributed by atoms with van der Waals surface area (Å²) in [6.07, 6.45) is 1.54. The summed E-state index contributed by atoms with van der Waals surface area (Å²) in [6, 6.07) is 0. The summed E-state index contributed by atoms with van der Waals surface area (Å²) in [5, 5.41) is 22.8. The first-order chi connectivity index (χ1) is 15.3. The number of esters is 2. The quantitative estimate of drug-likeness (QED) is 0.592. The molecule has 0 aromatic heterocycles. The van der Waals surface area contributed by atoms with Gasteiger partial charge in [-0.05, 0) is 37.8 Å². The van der Waals surface area contributed by atoms with Crippen LogP contribution in [-0.2, 0) is 28.7 Å². The standard InChI is InChI=1S/C25H32O8/c1-22(21(30)12-7-18(28)32-11-12)10-13(26)20-24(3)15(23(2,31)6-5-16(24)27)8-17-25(20,4)14(22)9-19(29)33-17/h5-6,12-15,17,20,26,31H,7-11H2,1-4H3/t12-,13-,14+,15+,17-,20+,22-,23-,24-,25-/m1/s1. The van der Waals surface area contributed by atoms with Gasteiger partial charge < -0.3 is 19.7 Å². The van der Waals surface area contributed by atoms with Crippen molar-refractivity contribution in [3.05, 3.63) is 12.2 Å². The minimum atomic E-state index is -1.30. The molecule has 33 heavy (non-hydrogen) atoms. The number of hydrogen-bond donors (Lipinski definition) is 2. The second-order valence-electron chi connectivity index (χ2n) is 11.7. The Labute approximate surface area is 192 Å². The molecule has 10 atom stereocenters. The Balaban J connectivity index is 1.65. The molecule has 2 N–H and O–H groups in total. The van der Waals surface area contributed by atoms with E-state index < -0.39 is 69.7 Å². The van der Waals surface area contributed by atoms with Gasteiger partial charge >= 0.3 is 11.9 Å². The molecule has 0 aromatic rings. The summed E-state index contributed by atoms with van der Waals surface area (Å²) in [4.78, 5) is 51.6. The zero-order chi connectivity index (χ0) is 24.1. The van der Waals surface area contributed by atoms with E-state index in [2.05, 4.69) is 0 Å². The van der Waals surface area contributed by atoms with Crippen molar-refractivity contribution in [3.63, 3.8) is 0 Å². The molecule has 2 heterocycles. The summed E-state index contributed by atoms with van der Waals surface area (Å²) >= 11 is 0. The van der Waals surface area contributed by atoms with Crippen LogP contribution in [0.1, 0.15) is 53.4 Å². The van der Waals surface area contributed by atoms with E-state index >= 15 is 0 Å². The van der Waals surface area contributed by atoms with Crippen LogP contribution >= 0.6 is 0 Å². The van der Waals surface area contributed by atoms with Gasteiger partial charge in [-0.1, -0.05) is 20.8 Å². The van der Waals surface area contributed by atoms with E-state index in [9.17, 15) is 29.4 Å². The van der Waals surface area contributed by atoms with Gasteiger partial charge in [0.25, 0.3) is 0 Å². The highest BCUT2D eigenvalue weighted by molar-refractivity contribution is 5.97. The van der Waals surface area contributed by atoms with E-state index in [1.807, 2.05) is 6.92 Å². The SMILES string of the molecule is C[C@]12C(=O)C=C[C@@](C)(O)[C@@H]1C[C@H]1OC(=O)C[C@@H]3[C@@]1(C)[C@H]2[C@H](O)C[C@@]3(C)C(=O)[C@H]1COC(=O)C1. The molecule has 0 unspecified atom stereocenters. The fourth-order valence-electron chi connectivity index (χ4n) is 8.54. The highest BCUT2D eigenvalue weighted by Gasteiger charge is 2.75. The Kier molecular flexibility index (Phi) is 4.65. The van der Waals surface area contributed by atoms with E-state index in [1.54, 1.807) is 20.8 Å². The highest BCUT2D eigenvalue weighted by atomic mass is 16.5. The summed E-state index contributed by atoms with van der Waals surface area (Å²) in [7, 11) is 0. The number of fused-ring (bicyclic) bond motifs is 2. The lowest BCUT2D eigenvalue weighted by atomic mass is 9.35. The molecule has 5 rings (SSSR count). The molecule has 3 aliphatic carbocycles. The third kappa shape index (κ3) is 2.77. The van der Waals surface area contributed by atoms with Crippen LogP contribution in [0.5, 0.6) is 0 Å². The molecule has 2 aliphatic heterocycles. The van der Waals surface area contributed by atoms with Crippen LogP contribution in [0.3, 0.4) is 0 Å². The van der Waals surface area contributed by atoms with E-state index in [-0.39, 0.29) is 43.9 Å². The van der Waals surface area contributed by atoms with Gasteiger partial charge in [0.1, 0.15) is 18.5 Å². The average Bonchev–Trinajstić information content (AvgIpc) is 3.15. The smallest absolute Gasteiger partial charge is 0.306 e. The first kappa shape index (κ1) is 22.7. The molecule has 2 saturated heterocycles. The Morgan fingerprint density at radius 3 is 2.39 bits per heavy atom. The van der Waals surface area contributed by atoms with E-state index in [0.717, 1.165) is 0 Å². The lowest BCUT2D eigenvalue weighted by Crippen LogP contribution is -2.74. The number of allylic oxidation sites excluding steroid dienone is 1. The van der Waals surface area contributed by atoms with Crippen LogP contribution < -0.4 is 0 Å². The Morgan fingerprint density at radius 2 is 1.76 bits per heavy atom. The molecule has 2 saturated carbocycles. The van der Waals surface area contributed by atoms with E-state index in [0.29, 0.717) is 0 Å². The summed E-state index contributed by atoms with van der Waals surface area (Å²) < 4.78 is 10.9. The number of ketones is 2. The number of ether oxygens (including phenoxy) is 2. The second-order valence-corrected chi connectivity index (χ2v) is 11.7. The molecular formula is C25H32O8. The van der Waals surface area contributed by atoms with Gasteiger partial charge in [0.15, 0.2) is 5.78 Å². The fraction of sp³-hybridized carbons (Fsp3) is 0.760. The number of Topliss-reactive ketones (excluding diaryl/α,β-unsaturated/α-hetero) is 1. The number of aliphatic hydroxyl groups is 2. The molecule has 0 radical (unpaired) electrons. The maximum atomic E-state index is 13.8. The predicted octanol–water partition coefficient (Wildman–Crippen LogP) is 1.36. The molecule has 180 valence electrons. The van der Waals surface area contributed by atoms with E-state index in [4.69, 9.17) is 9.47 Å². The first-order valence-electron chi connectivity index (χ1n) is 11.8. The van der Waals surface area contributed by atoms with Crippen molar-refractivity contribution < 1.29 is 38.9 Å². The van der Waals surface area contributed by atoms with Crippen LogP contribution in [0.25, 0.3) is 0 Å². The first-order valence-corrected chi connectivity index (χ1v) is 11.8. The number of aliphatic hydroxyl groups excluding tert-OH is 1. The van der Waals surface area contributed by atoms with Gasteiger partial charge in [-0.25, -0.2) is 0 Å². The Hall–Kier alpha value is -2.06. The Morgan fingerprint density at radius 1 is 1.06 bits per heavy atom. The minimum absolute atomic E-state index is 0.00114. The van der Waals surface area contributed by atoms with Crippen molar-refractivity contribution in [3.8, 4) is 0 Å². The fourth-order valence-corrected chi connectivity index (χ4v) is 8.54. The number of hydrogen-bond acceptors (Lipinski definition) is 8. The molecule has 0 spiro atoms. The number of rotatable bonds is 2. The third-order valence-corrected chi connectivity index (χ3v) is 9.97. The molecule has 0 bridgehead atoms. The van der Waals surface area contributed by atoms with Crippen molar-refractivity contribution in [1.29, 1.82) is 0 Å². The van der Waals surface area contributed by atoms with Crippen LogP contribution in [0.15, 0.2) is 12.2 Å². The summed E-state index contributed by atoms with van der Waals surface area (Å²) in [5.74, 6) is -3.44. The lowest BCUT2D eigenvalue weighted by Gasteiger charge is -2.69. The van der Waals surface area contributed by atoms with Crippen LogP contribution in [0.4, 0.5) is 0 Å². The zero-order valence-corrected chi connectivity index (χ0v) is 19.5. The van der Waals surface area contributed by atoms with Gasteiger partial charge in [-0.3, -0.25) is 19.2 Å². The average molecular weight is 461 g/mol. The van der Waals surface area contributed by atoms with Gasteiger partial charge in [0.2, 0.25) is 0 Å². The largest absolute Gasteiger partial charge is 0.465 e. The maximum Gasteiger partial charge on any atom is 0.306 e. The molecular weight excluding hydrogens is 428 g/mol. The van der Waals surface area contributed by atoms with Gasteiger partial charge in [-0.2, -0.15) is 0 Å². The van der Waals surface area contributed by atoms with Crippen LogP contribution in [0.2, 0.25) is 0 Å². The van der Waals surface area contributed by atoms with Gasteiger partial charge in [0, 0.05) is 34.5 Å². The number of carbonyl (C=O) groups excluding carboxylic acids is 4. The van der Waals surface area contributed by atoms with Crippen molar-refractivity contribution in [1.82, 2.24) is 0 Å². The van der Waals surface area contributed by atoms with Crippen molar-refractivity contribution in [2.75, 3.05) is 6.61 Å². The predicted molar refractivity (Wildman–Crippen MR) is 113 cm³/mol. The molecule has 8 heteroatoms. The summed E-state index contributed by atoms with van der Waals surface area (Å²) in [6.45, 7) is 7.15. The van der Waals surface area contributed by atoms with Crippen molar-refractivity contribution >= 4 is 23.5 Å². The third-order valence-electron chi connectivity index (χ3n) is 9.97. The van der Waals surface area contributed by atoms with Crippen molar-refractivity contribution in [2.24, 2.45) is 39.9 Å². The number of cyclic esters (lactones) is 1. The van der Waals surface area contributed by atoms with Crippen LogP contribution in [0, 0.1) is 39.9 Å². The molecule has 0 aromatic carbocycles. The lowest BCUT2D eigenvalue weighted by molar-refractivity contribution is -0.276. The van der Waals surface area contributed by atoms with Crippen molar-refractivity contribution in [2.45, 2.75) is 71.2 Å². The zero-order valence-electron chi connectivity index (χ0n) is 19.5. The second kappa shape index (κ2) is 6.75. The monoisotopic (exact) mass is 460 g/mol. The Bertz CT molecular complexity index is 983. The normalized spacial score (nSPS) is 53.1. The summed E-state index contributed by atoms with van der Waals surface area (Å²) in [5.41, 5.74) is -4.33. The molecule has 5 aliphatic rings.